The number of nitrogens with zero attached hydrogens (tertiary/aromatic N) is 1. The van der Waals surface area contributed by atoms with E-state index in [1.807, 2.05) is 48.5 Å². The fourth-order valence-corrected chi connectivity index (χ4v) is 2.77. The van der Waals surface area contributed by atoms with E-state index < -0.39 is 0 Å². The standard InChI is InChI=1S/C19H19NO/c1-2-6-16-10-11-17-18(20-16)12-9-15(19(17)21)13-14-7-4-3-5-8-14/h3-5,7-8,10-11,13H,2,6,9,12H2,1H3/b15-13+. The fraction of sp³-hybridized carbons (Fsp3) is 0.263. The molecule has 0 amide bonds. The van der Waals surface area contributed by atoms with Crippen LogP contribution in [-0.4, -0.2) is 10.8 Å². The molecule has 0 aliphatic heterocycles. The molecule has 1 aliphatic rings. The molecule has 1 aromatic carbocycles. The van der Waals surface area contributed by atoms with E-state index in [1.54, 1.807) is 0 Å². The van der Waals surface area contributed by atoms with Crippen LogP contribution in [0.2, 0.25) is 0 Å². The van der Waals surface area contributed by atoms with Gasteiger partial charge < -0.3 is 0 Å². The fourth-order valence-electron chi connectivity index (χ4n) is 2.77. The van der Waals surface area contributed by atoms with E-state index in [4.69, 9.17) is 0 Å². The second-order valence-corrected chi connectivity index (χ2v) is 5.46. The summed E-state index contributed by atoms with van der Waals surface area (Å²) in [5.41, 5.74) is 4.82. The van der Waals surface area contributed by atoms with Crippen molar-refractivity contribution >= 4 is 11.9 Å². The number of rotatable bonds is 3. The van der Waals surface area contributed by atoms with Crippen molar-refractivity contribution in [1.29, 1.82) is 0 Å². The Balaban J connectivity index is 1.91. The van der Waals surface area contributed by atoms with Crippen LogP contribution in [0.3, 0.4) is 0 Å². The van der Waals surface area contributed by atoms with Crippen LogP contribution in [0.15, 0.2) is 48.0 Å². The molecule has 1 aliphatic carbocycles. The van der Waals surface area contributed by atoms with E-state index in [-0.39, 0.29) is 5.78 Å². The van der Waals surface area contributed by atoms with Gasteiger partial charge in [-0.2, -0.15) is 0 Å². The Morgan fingerprint density at radius 1 is 1.10 bits per heavy atom. The van der Waals surface area contributed by atoms with Gasteiger partial charge in [-0.15, -0.1) is 0 Å². The van der Waals surface area contributed by atoms with Crippen LogP contribution in [0, 0.1) is 0 Å². The quantitative estimate of drug-likeness (QED) is 0.785. The molecule has 0 bridgehead atoms. The SMILES string of the molecule is CCCc1ccc2c(n1)CC/C(=C\c1ccccc1)C2=O. The number of fused-ring (bicyclic) bond motifs is 1. The number of pyridine rings is 1. The van der Waals surface area contributed by atoms with Crippen molar-refractivity contribution in [2.24, 2.45) is 0 Å². The van der Waals surface area contributed by atoms with Crippen molar-refractivity contribution in [3.8, 4) is 0 Å². The van der Waals surface area contributed by atoms with Gasteiger partial charge in [0.1, 0.15) is 0 Å². The smallest absolute Gasteiger partial charge is 0.190 e. The molecule has 21 heavy (non-hydrogen) atoms. The lowest BCUT2D eigenvalue weighted by molar-refractivity contribution is 0.102. The van der Waals surface area contributed by atoms with Crippen molar-refractivity contribution in [2.75, 3.05) is 0 Å². The van der Waals surface area contributed by atoms with Gasteiger partial charge in [-0.1, -0.05) is 43.7 Å². The van der Waals surface area contributed by atoms with Crippen LogP contribution in [-0.2, 0) is 12.8 Å². The van der Waals surface area contributed by atoms with Crippen molar-refractivity contribution in [2.45, 2.75) is 32.6 Å². The number of Topliss-reactive ketones (excluding diaryl/α,β-unsaturated/α-hetero) is 1. The van der Waals surface area contributed by atoms with Crippen LogP contribution in [0.25, 0.3) is 6.08 Å². The van der Waals surface area contributed by atoms with Gasteiger partial charge in [0.2, 0.25) is 0 Å². The van der Waals surface area contributed by atoms with Crippen molar-refractivity contribution in [3.05, 3.63) is 70.6 Å². The molecule has 0 N–H and O–H groups in total. The van der Waals surface area contributed by atoms with Gasteiger partial charge in [-0.05, 0) is 43.0 Å². The Morgan fingerprint density at radius 3 is 2.67 bits per heavy atom. The summed E-state index contributed by atoms with van der Waals surface area (Å²) in [4.78, 5) is 17.2. The monoisotopic (exact) mass is 277 g/mol. The molecule has 0 spiro atoms. The summed E-state index contributed by atoms with van der Waals surface area (Å²) in [7, 11) is 0. The van der Waals surface area contributed by atoms with Crippen LogP contribution in [0.5, 0.6) is 0 Å². The summed E-state index contributed by atoms with van der Waals surface area (Å²) in [6.45, 7) is 2.15. The van der Waals surface area contributed by atoms with Crippen molar-refractivity contribution in [1.82, 2.24) is 4.98 Å². The van der Waals surface area contributed by atoms with Gasteiger partial charge in [0.15, 0.2) is 5.78 Å². The van der Waals surface area contributed by atoms with Gasteiger partial charge in [-0.3, -0.25) is 9.78 Å². The summed E-state index contributed by atoms with van der Waals surface area (Å²) in [6, 6.07) is 14.0. The number of allylic oxidation sites excluding steroid dienone is 1. The lowest BCUT2D eigenvalue weighted by Crippen LogP contribution is -2.16. The summed E-state index contributed by atoms with van der Waals surface area (Å²) in [6.07, 6.45) is 5.71. The zero-order chi connectivity index (χ0) is 14.7. The van der Waals surface area contributed by atoms with Gasteiger partial charge in [0.05, 0.1) is 5.69 Å². The summed E-state index contributed by atoms with van der Waals surface area (Å²) in [5, 5.41) is 0. The van der Waals surface area contributed by atoms with Crippen LogP contribution < -0.4 is 0 Å². The highest BCUT2D eigenvalue weighted by Crippen LogP contribution is 2.26. The lowest BCUT2D eigenvalue weighted by atomic mass is 9.88. The Bertz CT molecular complexity index is 686. The highest BCUT2D eigenvalue weighted by molar-refractivity contribution is 6.12. The van der Waals surface area contributed by atoms with Gasteiger partial charge in [0.25, 0.3) is 0 Å². The highest BCUT2D eigenvalue weighted by Gasteiger charge is 2.23. The zero-order valence-corrected chi connectivity index (χ0v) is 12.3. The van der Waals surface area contributed by atoms with Crippen molar-refractivity contribution in [3.63, 3.8) is 0 Å². The summed E-state index contributed by atoms with van der Waals surface area (Å²) < 4.78 is 0. The third kappa shape index (κ3) is 2.94. The molecule has 106 valence electrons. The highest BCUT2D eigenvalue weighted by atomic mass is 16.1. The number of hydrogen-bond acceptors (Lipinski definition) is 2. The Kier molecular flexibility index (Phi) is 3.96. The lowest BCUT2D eigenvalue weighted by Gasteiger charge is -2.17. The first kappa shape index (κ1) is 13.7. The van der Waals surface area contributed by atoms with E-state index in [0.29, 0.717) is 0 Å². The predicted molar refractivity (Wildman–Crippen MR) is 85.3 cm³/mol. The van der Waals surface area contributed by atoms with E-state index >= 15 is 0 Å². The van der Waals surface area contributed by atoms with Crippen LogP contribution in [0.1, 0.15) is 47.1 Å². The number of carbonyl (C=O) groups is 1. The number of aryl methyl sites for hydroxylation is 2. The predicted octanol–water partition coefficient (Wildman–Crippen LogP) is 4.25. The number of benzene rings is 1. The minimum atomic E-state index is 0.135. The average Bonchev–Trinajstić information content (AvgIpc) is 2.52. The largest absolute Gasteiger partial charge is 0.289 e. The minimum absolute atomic E-state index is 0.135. The second-order valence-electron chi connectivity index (χ2n) is 5.46. The summed E-state index contributed by atoms with van der Waals surface area (Å²) in [5.74, 6) is 0.135. The second kappa shape index (κ2) is 6.04. The molecule has 3 rings (SSSR count). The number of hydrogen-bond donors (Lipinski definition) is 0. The minimum Gasteiger partial charge on any atom is -0.289 e. The topological polar surface area (TPSA) is 30.0 Å². The third-order valence-electron chi connectivity index (χ3n) is 3.85. The van der Waals surface area contributed by atoms with Gasteiger partial charge in [-0.25, -0.2) is 0 Å². The average molecular weight is 277 g/mol. The third-order valence-corrected chi connectivity index (χ3v) is 3.85. The van der Waals surface area contributed by atoms with Gasteiger partial charge in [0, 0.05) is 16.8 Å². The van der Waals surface area contributed by atoms with E-state index in [2.05, 4.69) is 11.9 Å². The molecule has 2 nitrogen and oxygen atoms in total. The van der Waals surface area contributed by atoms with Crippen LogP contribution in [0.4, 0.5) is 0 Å². The number of ketones is 1. The van der Waals surface area contributed by atoms with Crippen molar-refractivity contribution < 1.29 is 4.79 Å². The van der Waals surface area contributed by atoms with E-state index in [1.165, 1.54) is 0 Å². The molecule has 1 aromatic heterocycles. The molecule has 2 heteroatoms. The first-order valence-electron chi connectivity index (χ1n) is 7.57. The number of aromatic nitrogens is 1. The first-order chi connectivity index (χ1) is 10.3. The molecule has 1 heterocycles. The molecule has 2 aromatic rings. The Hall–Kier alpha value is -2.22. The molecule has 0 radical (unpaired) electrons. The maximum Gasteiger partial charge on any atom is 0.190 e. The molecule has 0 atom stereocenters. The van der Waals surface area contributed by atoms with E-state index in [0.717, 1.165) is 53.8 Å². The summed E-state index contributed by atoms with van der Waals surface area (Å²) >= 11 is 0. The Labute approximate surface area is 125 Å². The van der Waals surface area contributed by atoms with Gasteiger partial charge >= 0.3 is 0 Å². The van der Waals surface area contributed by atoms with Crippen LogP contribution >= 0.6 is 0 Å². The maximum absolute atomic E-state index is 12.6. The maximum atomic E-state index is 12.6. The first-order valence-corrected chi connectivity index (χ1v) is 7.57. The number of carbonyl (C=O) groups excluding carboxylic acids is 1. The zero-order valence-electron chi connectivity index (χ0n) is 12.3. The molecule has 0 unspecified atom stereocenters. The molecule has 0 saturated heterocycles. The molecule has 0 saturated carbocycles. The Morgan fingerprint density at radius 2 is 1.90 bits per heavy atom. The normalized spacial score (nSPS) is 16.0. The molecular weight excluding hydrogens is 258 g/mol. The molecular formula is C19H19NO. The molecule has 0 fully saturated rings. The van der Waals surface area contributed by atoms with E-state index in [9.17, 15) is 4.79 Å².